The number of aromatic nitrogens is 3. The van der Waals surface area contributed by atoms with Crippen LogP contribution in [0.4, 0.5) is 24.8 Å². The summed E-state index contributed by atoms with van der Waals surface area (Å²) in [6, 6.07) is 9.78. The number of pyridine rings is 1. The van der Waals surface area contributed by atoms with E-state index in [2.05, 4.69) is 44.0 Å². The molecule has 0 saturated heterocycles. The number of fused-ring (bicyclic) bond motifs is 1. The van der Waals surface area contributed by atoms with Crippen molar-refractivity contribution < 1.29 is 13.2 Å². The first-order valence-electron chi connectivity index (χ1n) is 12.1. The number of hydrogen-bond donors (Lipinski definition) is 2. The van der Waals surface area contributed by atoms with Crippen molar-refractivity contribution in [2.75, 3.05) is 24.1 Å². The topological polar surface area (TPSA) is 66.0 Å². The molecule has 4 aromatic rings. The molecule has 37 heavy (non-hydrogen) atoms. The van der Waals surface area contributed by atoms with Crippen LogP contribution >= 0.6 is 11.9 Å². The molecule has 5 rings (SSSR count). The van der Waals surface area contributed by atoms with E-state index in [9.17, 15) is 8.78 Å². The average molecular weight is 525 g/mol. The molecule has 10 heteroatoms. The molecule has 0 atom stereocenters. The molecule has 2 aromatic heterocycles. The summed E-state index contributed by atoms with van der Waals surface area (Å²) in [5, 5.41) is 4.11. The van der Waals surface area contributed by atoms with Gasteiger partial charge in [-0.15, -0.1) is 0 Å². The minimum atomic E-state index is -0.747. The van der Waals surface area contributed by atoms with Crippen molar-refractivity contribution in [1.82, 2.24) is 19.9 Å². The highest BCUT2D eigenvalue weighted by Crippen LogP contribution is 2.34. The first kappa shape index (κ1) is 25.3. The largest absolute Gasteiger partial charge is 0.351 e. The van der Waals surface area contributed by atoms with Gasteiger partial charge in [-0.1, -0.05) is 6.07 Å². The summed E-state index contributed by atoms with van der Waals surface area (Å²) in [5.41, 5.74) is 0.970. The Balaban J connectivity index is 1.33. The monoisotopic (exact) mass is 524 g/mol. The van der Waals surface area contributed by atoms with Crippen molar-refractivity contribution in [3.63, 3.8) is 0 Å². The summed E-state index contributed by atoms with van der Waals surface area (Å²) in [4.78, 5) is 15.6. The average Bonchev–Trinajstić information content (AvgIpc) is 2.89. The highest BCUT2D eigenvalue weighted by Gasteiger charge is 2.23. The fraction of sp³-hybridized carbons (Fsp3) is 0.296. The molecule has 2 aromatic carbocycles. The Bertz CT molecular complexity index is 1410. The van der Waals surface area contributed by atoms with Crippen LogP contribution in [-0.4, -0.2) is 46.0 Å². The van der Waals surface area contributed by atoms with E-state index in [1.807, 2.05) is 0 Å². The van der Waals surface area contributed by atoms with Gasteiger partial charge in [0.05, 0.1) is 23.0 Å². The van der Waals surface area contributed by atoms with Crippen LogP contribution in [-0.2, 0) is 0 Å². The third-order valence-electron chi connectivity index (χ3n) is 6.68. The first-order valence-corrected chi connectivity index (χ1v) is 12.9. The molecule has 1 aliphatic carbocycles. The maximum Gasteiger partial charge on any atom is 0.223 e. The number of benzene rings is 2. The van der Waals surface area contributed by atoms with Crippen LogP contribution in [0.1, 0.15) is 25.7 Å². The lowest BCUT2D eigenvalue weighted by Crippen LogP contribution is -2.36. The zero-order valence-electron chi connectivity index (χ0n) is 20.5. The van der Waals surface area contributed by atoms with Gasteiger partial charge in [-0.25, -0.2) is 23.1 Å². The van der Waals surface area contributed by atoms with Crippen molar-refractivity contribution in [2.45, 2.75) is 42.7 Å². The number of rotatable bonds is 7. The molecule has 192 valence electrons. The second-order valence-corrected chi connectivity index (χ2v) is 10.3. The molecule has 0 bridgehead atoms. The fourth-order valence-corrected chi connectivity index (χ4v) is 5.31. The second-order valence-electron chi connectivity index (χ2n) is 9.41. The first-order chi connectivity index (χ1) is 17.9. The van der Waals surface area contributed by atoms with Gasteiger partial charge >= 0.3 is 0 Å². The summed E-state index contributed by atoms with van der Waals surface area (Å²) in [7, 11) is 4.24. The molecule has 0 radical (unpaired) electrons. The number of nitrogens with one attached hydrogen (secondary N) is 2. The third-order valence-corrected chi connectivity index (χ3v) is 7.46. The van der Waals surface area contributed by atoms with Gasteiger partial charge in [0.15, 0.2) is 5.82 Å². The molecular formula is C27H27F3N6S. The molecule has 0 spiro atoms. The van der Waals surface area contributed by atoms with Gasteiger partial charge in [0, 0.05) is 34.8 Å². The highest BCUT2D eigenvalue weighted by atomic mass is 32.2. The molecule has 6 nitrogen and oxygen atoms in total. The van der Waals surface area contributed by atoms with Gasteiger partial charge < -0.3 is 14.9 Å². The van der Waals surface area contributed by atoms with Crippen LogP contribution in [0.15, 0.2) is 59.9 Å². The molecule has 2 heterocycles. The smallest absolute Gasteiger partial charge is 0.223 e. The minimum Gasteiger partial charge on any atom is -0.351 e. The van der Waals surface area contributed by atoms with E-state index in [0.29, 0.717) is 39.4 Å². The Morgan fingerprint density at radius 3 is 2.51 bits per heavy atom. The van der Waals surface area contributed by atoms with Crippen LogP contribution in [0, 0.1) is 17.5 Å². The zero-order chi connectivity index (χ0) is 25.9. The van der Waals surface area contributed by atoms with Crippen molar-refractivity contribution in [2.24, 2.45) is 0 Å². The lowest BCUT2D eigenvalue weighted by molar-refractivity contribution is 0.221. The van der Waals surface area contributed by atoms with Crippen LogP contribution < -0.4 is 10.0 Å². The van der Waals surface area contributed by atoms with Crippen LogP contribution in [0.25, 0.3) is 22.0 Å². The number of hydrogen-bond acceptors (Lipinski definition) is 7. The number of halogens is 3. The van der Waals surface area contributed by atoms with E-state index in [1.165, 1.54) is 24.4 Å². The van der Waals surface area contributed by atoms with E-state index in [-0.39, 0.29) is 11.3 Å². The van der Waals surface area contributed by atoms with Crippen molar-refractivity contribution in [1.29, 1.82) is 0 Å². The lowest BCUT2D eigenvalue weighted by atomic mass is 9.91. The van der Waals surface area contributed by atoms with Crippen LogP contribution in [0.2, 0.25) is 0 Å². The van der Waals surface area contributed by atoms with Crippen molar-refractivity contribution in [3.05, 3.63) is 72.4 Å². The van der Waals surface area contributed by atoms with Gasteiger partial charge in [-0.3, -0.25) is 4.98 Å². The lowest BCUT2D eigenvalue weighted by Gasteiger charge is -2.32. The molecule has 1 saturated carbocycles. The minimum absolute atomic E-state index is 0.0746. The predicted molar refractivity (Wildman–Crippen MR) is 142 cm³/mol. The summed E-state index contributed by atoms with van der Waals surface area (Å²) < 4.78 is 46.3. The summed E-state index contributed by atoms with van der Waals surface area (Å²) in [6.45, 7) is 0. The maximum absolute atomic E-state index is 15.4. The molecule has 1 aliphatic rings. The molecule has 0 amide bonds. The maximum atomic E-state index is 15.4. The Kier molecular flexibility index (Phi) is 7.48. The highest BCUT2D eigenvalue weighted by molar-refractivity contribution is 8.00. The fourth-order valence-electron chi connectivity index (χ4n) is 4.64. The second kappa shape index (κ2) is 10.9. The van der Waals surface area contributed by atoms with Crippen molar-refractivity contribution in [3.8, 4) is 11.1 Å². The van der Waals surface area contributed by atoms with Gasteiger partial charge in [0.2, 0.25) is 5.95 Å². The summed E-state index contributed by atoms with van der Waals surface area (Å²) >= 11 is 0.987. The Morgan fingerprint density at radius 2 is 1.76 bits per heavy atom. The number of anilines is 2. The van der Waals surface area contributed by atoms with Gasteiger partial charge in [0.25, 0.3) is 0 Å². The summed E-state index contributed by atoms with van der Waals surface area (Å²) in [6.07, 6.45) is 8.57. The quantitative estimate of drug-likeness (QED) is 0.267. The van der Waals surface area contributed by atoms with E-state index < -0.39 is 17.5 Å². The van der Waals surface area contributed by atoms with Crippen LogP contribution in [0.5, 0.6) is 0 Å². The Labute approximate surface area is 217 Å². The van der Waals surface area contributed by atoms with E-state index in [1.54, 1.807) is 24.4 Å². The van der Waals surface area contributed by atoms with E-state index >= 15 is 4.39 Å². The van der Waals surface area contributed by atoms with E-state index in [0.717, 1.165) is 43.8 Å². The van der Waals surface area contributed by atoms with Gasteiger partial charge in [-0.2, -0.15) is 0 Å². The van der Waals surface area contributed by atoms with E-state index in [4.69, 9.17) is 0 Å². The normalized spacial score (nSPS) is 17.8. The van der Waals surface area contributed by atoms with Crippen molar-refractivity contribution >= 4 is 34.5 Å². The molecule has 1 fully saturated rings. The SMILES string of the molecule is CN(C)C1CCC(Nc2ncc3cc(-c4c(F)ccc(NSc5cncc(F)c5)c4F)ccc3n2)CC1. The molecular weight excluding hydrogens is 497 g/mol. The van der Waals surface area contributed by atoms with Crippen LogP contribution in [0.3, 0.4) is 0 Å². The molecule has 0 unspecified atom stereocenters. The molecule has 2 N–H and O–H groups in total. The standard InChI is InChI=1S/C27H27F3N6S/c1-36(2)20-6-4-19(5-7-20)33-27-32-13-17-11-16(3-9-23(17)34-27)25-22(29)8-10-24(26(25)30)35-37-21-12-18(28)14-31-15-21/h3,8-15,19-20,35H,4-7H2,1-2H3,(H,32,33,34). The number of nitrogens with zero attached hydrogens (tertiary/aromatic N) is 4. The Hall–Kier alpha value is -3.37. The summed E-state index contributed by atoms with van der Waals surface area (Å²) in [5.74, 6) is -1.38. The Morgan fingerprint density at radius 1 is 0.946 bits per heavy atom. The van der Waals surface area contributed by atoms with Gasteiger partial charge in [0.1, 0.15) is 11.6 Å². The zero-order valence-corrected chi connectivity index (χ0v) is 21.3. The third kappa shape index (κ3) is 5.80. The van der Waals surface area contributed by atoms with Gasteiger partial charge in [-0.05, 0) is 87.6 Å². The predicted octanol–water partition coefficient (Wildman–Crippen LogP) is 6.51. The molecule has 0 aliphatic heterocycles.